The first-order chi connectivity index (χ1) is 15.5. The molecule has 1 amide bonds. The number of nitro groups is 1. The number of thioether (sulfide) groups is 1. The fourth-order valence-corrected chi connectivity index (χ4v) is 3.84. The lowest BCUT2D eigenvalue weighted by Gasteiger charge is -2.11. The van der Waals surface area contributed by atoms with Crippen molar-refractivity contribution in [2.45, 2.75) is 5.16 Å². The van der Waals surface area contributed by atoms with Gasteiger partial charge in [-0.15, -0.1) is 10.2 Å². The van der Waals surface area contributed by atoms with Crippen LogP contribution in [0.4, 0.5) is 17.1 Å². The molecule has 0 spiro atoms. The molecule has 0 saturated heterocycles. The minimum atomic E-state index is -0.535. The van der Waals surface area contributed by atoms with Crippen molar-refractivity contribution in [2.75, 3.05) is 16.8 Å². The number of rotatable bonds is 7. The number of hydrogen-bond donors (Lipinski definition) is 2. The summed E-state index contributed by atoms with van der Waals surface area (Å²) in [6.07, 6.45) is 0. The number of para-hydroxylation sites is 3. The van der Waals surface area contributed by atoms with Crippen LogP contribution in [0.3, 0.4) is 0 Å². The van der Waals surface area contributed by atoms with E-state index < -0.39 is 10.8 Å². The molecule has 3 N–H and O–H groups in total. The Morgan fingerprint density at radius 2 is 1.78 bits per heavy atom. The molecule has 3 aromatic carbocycles. The maximum Gasteiger partial charge on any atom is 0.292 e. The van der Waals surface area contributed by atoms with Crippen molar-refractivity contribution in [1.29, 1.82) is 0 Å². The zero-order valence-corrected chi connectivity index (χ0v) is 17.5. The van der Waals surface area contributed by atoms with Gasteiger partial charge in [0.2, 0.25) is 5.91 Å². The molecule has 9 nitrogen and oxygen atoms in total. The summed E-state index contributed by atoms with van der Waals surface area (Å²) in [6.45, 7) is 0. The van der Waals surface area contributed by atoms with Crippen LogP contribution in [0.15, 0.2) is 84.0 Å². The molecule has 0 aliphatic heterocycles. The van der Waals surface area contributed by atoms with Gasteiger partial charge in [-0.1, -0.05) is 54.2 Å². The first kappa shape index (κ1) is 21.1. The van der Waals surface area contributed by atoms with E-state index in [1.807, 2.05) is 47.0 Å². The zero-order chi connectivity index (χ0) is 22.5. The van der Waals surface area contributed by atoms with Gasteiger partial charge >= 0.3 is 0 Å². The molecular formula is C22H18N6O3S. The van der Waals surface area contributed by atoms with E-state index in [4.69, 9.17) is 5.73 Å². The van der Waals surface area contributed by atoms with Gasteiger partial charge in [0.05, 0.1) is 10.7 Å². The van der Waals surface area contributed by atoms with Gasteiger partial charge in [-0.2, -0.15) is 0 Å². The van der Waals surface area contributed by atoms with Crippen LogP contribution in [0.25, 0.3) is 17.1 Å². The Morgan fingerprint density at radius 3 is 2.53 bits per heavy atom. The van der Waals surface area contributed by atoms with Gasteiger partial charge < -0.3 is 11.1 Å². The minimum Gasteiger partial charge on any atom is -0.399 e. The summed E-state index contributed by atoms with van der Waals surface area (Å²) >= 11 is 1.18. The lowest BCUT2D eigenvalue weighted by Crippen LogP contribution is -2.15. The molecule has 4 rings (SSSR count). The number of carbonyl (C=O) groups excluding carboxylic acids is 1. The Hall–Kier alpha value is -4.18. The standard InChI is InChI=1S/C22H18N6O3S/c23-16-8-6-7-15(13-16)21-25-26-22(27(21)17-9-2-1-3-10-17)32-14-20(29)24-18-11-4-5-12-19(18)28(30)31/h1-13H,14,23H2,(H,24,29). The minimum absolute atomic E-state index is 0.00601. The topological polar surface area (TPSA) is 129 Å². The lowest BCUT2D eigenvalue weighted by atomic mass is 10.2. The van der Waals surface area contributed by atoms with E-state index in [2.05, 4.69) is 15.5 Å². The zero-order valence-electron chi connectivity index (χ0n) is 16.7. The number of amides is 1. The second-order valence-electron chi connectivity index (χ2n) is 6.71. The monoisotopic (exact) mass is 446 g/mol. The quantitative estimate of drug-likeness (QED) is 0.189. The van der Waals surface area contributed by atoms with Crippen LogP contribution in [0.5, 0.6) is 0 Å². The van der Waals surface area contributed by atoms with Crippen molar-refractivity contribution in [3.8, 4) is 17.1 Å². The number of anilines is 2. The van der Waals surface area contributed by atoms with E-state index in [9.17, 15) is 14.9 Å². The lowest BCUT2D eigenvalue weighted by molar-refractivity contribution is -0.383. The molecule has 4 aromatic rings. The molecule has 0 fully saturated rings. The molecule has 0 aliphatic carbocycles. The Bertz CT molecular complexity index is 1280. The molecule has 1 heterocycles. The van der Waals surface area contributed by atoms with Gasteiger partial charge in [0, 0.05) is 23.0 Å². The Morgan fingerprint density at radius 1 is 1.03 bits per heavy atom. The number of nitrogens with two attached hydrogens (primary N) is 1. The van der Waals surface area contributed by atoms with Crippen molar-refractivity contribution in [3.63, 3.8) is 0 Å². The number of nitrogen functional groups attached to an aromatic ring is 1. The maximum absolute atomic E-state index is 12.5. The highest BCUT2D eigenvalue weighted by Crippen LogP contribution is 2.29. The Balaban J connectivity index is 1.59. The molecule has 0 bridgehead atoms. The van der Waals surface area contributed by atoms with Crippen molar-refractivity contribution in [2.24, 2.45) is 0 Å². The SMILES string of the molecule is Nc1cccc(-c2nnc(SCC(=O)Nc3ccccc3[N+](=O)[O-])n2-c2ccccc2)c1. The second-order valence-corrected chi connectivity index (χ2v) is 7.66. The molecule has 0 aliphatic rings. The van der Waals surface area contributed by atoms with Crippen molar-refractivity contribution in [1.82, 2.24) is 14.8 Å². The van der Waals surface area contributed by atoms with Crippen molar-refractivity contribution >= 4 is 34.7 Å². The molecule has 160 valence electrons. The predicted octanol–water partition coefficient (Wildman–Crippen LogP) is 4.16. The third kappa shape index (κ3) is 4.60. The molecule has 0 saturated carbocycles. The van der Waals surface area contributed by atoms with E-state index in [0.29, 0.717) is 16.7 Å². The normalized spacial score (nSPS) is 10.6. The van der Waals surface area contributed by atoms with Crippen LogP contribution in [0.2, 0.25) is 0 Å². The summed E-state index contributed by atoms with van der Waals surface area (Å²) in [5, 5.41) is 22.9. The van der Waals surface area contributed by atoms with Gasteiger partial charge in [0.1, 0.15) is 5.69 Å². The van der Waals surface area contributed by atoms with Crippen LogP contribution in [0, 0.1) is 10.1 Å². The summed E-state index contributed by atoms with van der Waals surface area (Å²) in [5.41, 5.74) is 8.13. The van der Waals surface area contributed by atoms with Gasteiger partial charge in [-0.05, 0) is 30.3 Å². The molecule has 32 heavy (non-hydrogen) atoms. The third-order valence-corrected chi connectivity index (χ3v) is 5.43. The third-order valence-electron chi connectivity index (χ3n) is 4.50. The number of nitrogens with one attached hydrogen (secondary N) is 1. The van der Waals surface area contributed by atoms with Crippen LogP contribution < -0.4 is 11.1 Å². The summed E-state index contributed by atoms with van der Waals surface area (Å²) in [7, 11) is 0. The molecule has 1 aromatic heterocycles. The van der Waals surface area contributed by atoms with Crippen LogP contribution in [-0.4, -0.2) is 31.3 Å². The van der Waals surface area contributed by atoms with Crippen LogP contribution in [-0.2, 0) is 4.79 Å². The van der Waals surface area contributed by atoms with Crippen LogP contribution in [0.1, 0.15) is 0 Å². The first-order valence-electron chi connectivity index (χ1n) is 9.56. The van der Waals surface area contributed by atoms with E-state index in [1.54, 1.807) is 24.3 Å². The largest absolute Gasteiger partial charge is 0.399 e. The number of nitro benzene ring substituents is 1. The van der Waals surface area contributed by atoms with E-state index in [-0.39, 0.29) is 17.1 Å². The summed E-state index contributed by atoms with van der Waals surface area (Å²) in [5.74, 6) is 0.191. The highest BCUT2D eigenvalue weighted by Gasteiger charge is 2.19. The van der Waals surface area contributed by atoms with Crippen molar-refractivity contribution in [3.05, 3.63) is 89.0 Å². The van der Waals surface area contributed by atoms with Crippen molar-refractivity contribution < 1.29 is 9.72 Å². The molecular weight excluding hydrogens is 428 g/mol. The molecule has 0 unspecified atom stereocenters. The average Bonchev–Trinajstić information content (AvgIpc) is 3.22. The summed E-state index contributed by atoms with van der Waals surface area (Å²) < 4.78 is 1.84. The van der Waals surface area contributed by atoms with Gasteiger partial charge in [0.15, 0.2) is 11.0 Å². The number of nitrogens with zero attached hydrogens (tertiary/aromatic N) is 4. The summed E-state index contributed by atoms with van der Waals surface area (Å²) in [6, 6.07) is 22.8. The number of benzene rings is 3. The first-order valence-corrected chi connectivity index (χ1v) is 10.5. The average molecular weight is 446 g/mol. The molecule has 10 heteroatoms. The van der Waals surface area contributed by atoms with E-state index in [1.165, 1.54) is 23.9 Å². The fourth-order valence-electron chi connectivity index (χ4n) is 3.09. The van der Waals surface area contributed by atoms with E-state index in [0.717, 1.165) is 11.3 Å². The fraction of sp³-hybridized carbons (Fsp3) is 0.0455. The number of hydrogen-bond acceptors (Lipinski definition) is 7. The number of carbonyl (C=O) groups is 1. The highest BCUT2D eigenvalue weighted by atomic mass is 32.2. The maximum atomic E-state index is 12.5. The molecule has 0 atom stereocenters. The number of aromatic nitrogens is 3. The van der Waals surface area contributed by atoms with Gasteiger partial charge in [-0.3, -0.25) is 19.5 Å². The predicted molar refractivity (Wildman–Crippen MR) is 124 cm³/mol. The molecule has 0 radical (unpaired) electrons. The second kappa shape index (κ2) is 9.31. The van der Waals surface area contributed by atoms with Gasteiger partial charge in [-0.25, -0.2) is 0 Å². The Labute approximate surface area is 187 Å². The van der Waals surface area contributed by atoms with Crippen LogP contribution >= 0.6 is 11.8 Å². The highest BCUT2D eigenvalue weighted by molar-refractivity contribution is 7.99. The summed E-state index contributed by atoms with van der Waals surface area (Å²) in [4.78, 5) is 23.1. The van der Waals surface area contributed by atoms with Gasteiger partial charge in [0.25, 0.3) is 5.69 Å². The van der Waals surface area contributed by atoms with E-state index >= 15 is 0 Å². The smallest absolute Gasteiger partial charge is 0.292 e. The Kier molecular flexibility index (Phi) is 6.13.